The Morgan fingerprint density at radius 3 is 2.57 bits per heavy atom. The number of nitro benzene ring substituents is 1. The molecular formula is C22H13N3O3S2. The first-order chi connectivity index (χ1) is 14.6. The number of thiophene rings is 1. The largest absolute Gasteiger partial charge is 0.321 e. The van der Waals surface area contributed by atoms with Gasteiger partial charge in [0.25, 0.3) is 11.6 Å². The van der Waals surface area contributed by atoms with E-state index >= 15 is 0 Å². The first-order valence-corrected chi connectivity index (χ1v) is 10.7. The number of carbonyl (C=O) groups is 1. The van der Waals surface area contributed by atoms with Crippen molar-refractivity contribution < 1.29 is 9.72 Å². The fourth-order valence-corrected chi connectivity index (χ4v) is 5.15. The van der Waals surface area contributed by atoms with Crippen molar-refractivity contribution in [2.45, 2.75) is 0 Å². The third-order valence-corrected chi connectivity index (χ3v) is 6.82. The molecule has 1 amide bonds. The number of anilines is 1. The van der Waals surface area contributed by atoms with E-state index in [2.05, 4.69) is 5.32 Å². The van der Waals surface area contributed by atoms with Crippen LogP contribution in [0.5, 0.6) is 0 Å². The lowest BCUT2D eigenvalue weighted by Gasteiger charge is -2.08. The highest BCUT2D eigenvalue weighted by Crippen LogP contribution is 2.35. The van der Waals surface area contributed by atoms with Gasteiger partial charge in [-0.25, -0.2) is 4.98 Å². The minimum absolute atomic E-state index is 0.00781. The number of nitrogens with one attached hydrogen (secondary N) is 1. The Morgan fingerprint density at radius 2 is 1.73 bits per heavy atom. The van der Waals surface area contributed by atoms with Crippen molar-refractivity contribution in [1.82, 2.24) is 4.98 Å². The zero-order valence-corrected chi connectivity index (χ0v) is 17.0. The van der Waals surface area contributed by atoms with E-state index in [-0.39, 0.29) is 11.6 Å². The monoisotopic (exact) mass is 431 g/mol. The van der Waals surface area contributed by atoms with E-state index in [0.717, 1.165) is 25.5 Å². The van der Waals surface area contributed by atoms with Crippen molar-refractivity contribution in [2.24, 2.45) is 0 Å². The molecule has 2 aromatic heterocycles. The van der Waals surface area contributed by atoms with Gasteiger partial charge in [-0.05, 0) is 36.4 Å². The van der Waals surface area contributed by atoms with Gasteiger partial charge in [-0.2, -0.15) is 0 Å². The van der Waals surface area contributed by atoms with Crippen LogP contribution in [0.2, 0.25) is 0 Å². The summed E-state index contributed by atoms with van der Waals surface area (Å²) in [5, 5.41) is 15.5. The molecule has 0 fully saturated rings. The SMILES string of the molecule is O=C(Nc1ccccc1-c1nc2ccccc2s1)c1cc2cc([N+](=O)[O-])ccc2s1. The quantitative estimate of drug-likeness (QED) is 0.266. The molecule has 0 aliphatic heterocycles. The number of carbonyl (C=O) groups excluding carboxylic acids is 1. The van der Waals surface area contributed by atoms with Crippen molar-refractivity contribution in [3.05, 3.63) is 87.8 Å². The summed E-state index contributed by atoms with van der Waals surface area (Å²) >= 11 is 2.87. The molecule has 8 heteroatoms. The maximum atomic E-state index is 12.9. The standard InChI is InChI=1S/C22H13N3O3S2/c26-21(20-12-13-11-14(25(27)28)9-10-18(13)29-20)23-16-6-2-1-5-15(16)22-24-17-7-3-4-8-19(17)30-22/h1-12H,(H,23,26). The van der Waals surface area contributed by atoms with Crippen LogP contribution < -0.4 is 5.32 Å². The number of hydrogen-bond donors (Lipinski definition) is 1. The fourth-order valence-electron chi connectivity index (χ4n) is 3.21. The van der Waals surface area contributed by atoms with E-state index in [0.29, 0.717) is 16.0 Å². The second-order valence-corrected chi connectivity index (χ2v) is 8.69. The summed E-state index contributed by atoms with van der Waals surface area (Å²) in [6.07, 6.45) is 0. The maximum Gasteiger partial charge on any atom is 0.270 e. The van der Waals surface area contributed by atoms with E-state index in [4.69, 9.17) is 4.98 Å². The molecule has 30 heavy (non-hydrogen) atoms. The topological polar surface area (TPSA) is 85.1 Å². The van der Waals surface area contributed by atoms with Crippen LogP contribution in [0.3, 0.4) is 0 Å². The second-order valence-electron chi connectivity index (χ2n) is 6.58. The van der Waals surface area contributed by atoms with Gasteiger partial charge in [-0.1, -0.05) is 24.3 Å². The molecule has 0 radical (unpaired) electrons. The molecular weight excluding hydrogens is 418 g/mol. The Kier molecular flexibility index (Phi) is 4.50. The van der Waals surface area contributed by atoms with Gasteiger partial charge < -0.3 is 5.32 Å². The molecule has 0 aliphatic carbocycles. The highest BCUT2D eigenvalue weighted by molar-refractivity contribution is 7.21. The third-order valence-electron chi connectivity index (χ3n) is 4.63. The molecule has 2 heterocycles. The number of non-ortho nitro benzene ring substituents is 1. The van der Waals surface area contributed by atoms with Gasteiger partial charge in [0, 0.05) is 27.8 Å². The molecule has 146 valence electrons. The fraction of sp³-hybridized carbons (Fsp3) is 0. The summed E-state index contributed by atoms with van der Waals surface area (Å²) in [6, 6.07) is 21.7. The van der Waals surface area contributed by atoms with E-state index in [1.165, 1.54) is 23.5 Å². The maximum absolute atomic E-state index is 12.9. The van der Waals surface area contributed by atoms with Crippen LogP contribution in [-0.2, 0) is 0 Å². The number of nitro groups is 1. The Hall–Kier alpha value is -3.62. The number of benzene rings is 3. The van der Waals surface area contributed by atoms with E-state index < -0.39 is 4.92 Å². The molecule has 0 saturated heterocycles. The molecule has 0 spiro atoms. The van der Waals surface area contributed by atoms with Crippen LogP contribution in [0, 0.1) is 10.1 Å². The lowest BCUT2D eigenvalue weighted by atomic mass is 10.2. The van der Waals surface area contributed by atoms with E-state index in [1.54, 1.807) is 23.5 Å². The lowest BCUT2D eigenvalue weighted by molar-refractivity contribution is -0.384. The molecule has 0 bridgehead atoms. The molecule has 0 atom stereocenters. The molecule has 0 unspecified atom stereocenters. The summed E-state index contributed by atoms with van der Waals surface area (Å²) in [5.41, 5.74) is 2.45. The van der Waals surface area contributed by atoms with Crippen molar-refractivity contribution >= 4 is 60.3 Å². The second kappa shape index (κ2) is 7.33. The first kappa shape index (κ1) is 18.4. The number of thiazole rings is 1. The van der Waals surface area contributed by atoms with Gasteiger partial charge in [0.1, 0.15) is 5.01 Å². The Morgan fingerprint density at radius 1 is 0.933 bits per heavy atom. The van der Waals surface area contributed by atoms with E-state index in [1.807, 2.05) is 48.5 Å². The van der Waals surface area contributed by atoms with Crippen LogP contribution >= 0.6 is 22.7 Å². The molecule has 5 aromatic rings. The predicted molar refractivity (Wildman–Crippen MR) is 121 cm³/mol. The van der Waals surface area contributed by atoms with Crippen molar-refractivity contribution in [2.75, 3.05) is 5.32 Å². The molecule has 1 N–H and O–H groups in total. The lowest BCUT2D eigenvalue weighted by Crippen LogP contribution is -2.10. The summed E-state index contributed by atoms with van der Waals surface area (Å²) in [5.74, 6) is -0.257. The summed E-state index contributed by atoms with van der Waals surface area (Å²) in [6.45, 7) is 0. The van der Waals surface area contributed by atoms with Crippen LogP contribution in [0.15, 0.2) is 72.8 Å². The van der Waals surface area contributed by atoms with Crippen LogP contribution in [0.25, 0.3) is 30.9 Å². The Balaban J connectivity index is 1.48. The number of fused-ring (bicyclic) bond motifs is 2. The Bertz CT molecular complexity index is 1410. The van der Waals surface area contributed by atoms with Crippen molar-refractivity contribution in [3.63, 3.8) is 0 Å². The Labute approximate surface area is 178 Å². The van der Waals surface area contributed by atoms with Gasteiger partial charge in [-0.15, -0.1) is 22.7 Å². The third kappa shape index (κ3) is 3.32. The number of amides is 1. The molecule has 3 aromatic carbocycles. The summed E-state index contributed by atoms with van der Waals surface area (Å²) in [7, 11) is 0. The number of rotatable bonds is 4. The van der Waals surface area contributed by atoms with Crippen LogP contribution in [0.4, 0.5) is 11.4 Å². The molecule has 0 saturated carbocycles. The van der Waals surface area contributed by atoms with E-state index in [9.17, 15) is 14.9 Å². The van der Waals surface area contributed by atoms with Gasteiger partial charge in [0.15, 0.2) is 0 Å². The molecule has 6 nitrogen and oxygen atoms in total. The average Bonchev–Trinajstić information content (AvgIpc) is 3.37. The number of aromatic nitrogens is 1. The smallest absolute Gasteiger partial charge is 0.270 e. The predicted octanol–water partition coefficient (Wildman–Crippen LogP) is 6.34. The summed E-state index contributed by atoms with van der Waals surface area (Å²) in [4.78, 5) is 28.6. The van der Waals surface area contributed by atoms with Crippen LogP contribution in [-0.4, -0.2) is 15.8 Å². The van der Waals surface area contributed by atoms with Gasteiger partial charge in [-0.3, -0.25) is 14.9 Å². The van der Waals surface area contributed by atoms with Gasteiger partial charge in [0.2, 0.25) is 0 Å². The van der Waals surface area contributed by atoms with Gasteiger partial charge in [0.05, 0.1) is 25.7 Å². The molecule has 0 aliphatic rings. The highest BCUT2D eigenvalue weighted by Gasteiger charge is 2.16. The highest BCUT2D eigenvalue weighted by atomic mass is 32.1. The minimum atomic E-state index is -0.439. The van der Waals surface area contributed by atoms with Crippen molar-refractivity contribution in [1.29, 1.82) is 0 Å². The van der Waals surface area contributed by atoms with Gasteiger partial charge >= 0.3 is 0 Å². The number of hydrogen-bond acceptors (Lipinski definition) is 6. The number of para-hydroxylation sites is 2. The minimum Gasteiger partial charge on any atom is -0.321 e. The molecule has 5 rings (SSSR count). The number of nitrogens with zero attached hydrogens (tertiary/aromatic N) is 2. The summed E-state index contributed by atoms with van der Waals surface area (Å²) < 4.78 is 1.91. The first-order valence-electron chi connectivity index (χ1n) is 9.03. The zero-order chi connectivity index (χ0) is 20.7. The zero-order valence-electron chi connectivity index (χ0n) is 15.4. The average molecular weight is 431 g/mol. The van der Waals surface area contributed by atoms with Crippen LogP contribution in [0.1, 0.15) is 9.67 Å². The normalized spacial score (nSPS) is 11.1. The van der Waals surface area contributed by atoms with Crippen molar-refractivity contribution in [3.8, 4) is 10.6 Å².